The summed E-state index contributed by atoms with van der Waals surface area (Å²) in [6.45, 7) is 1.89. The third kappa shape index (κ3) is 1.95. The lowest BCUT2D eigenvalue weighted by Gasteiger charge is -2.06. The Balaban J connectivity index is 2.96. The molecule has 0 aliphatic heterocycles. The zero-order chi connectivity index (χ0) is 9.14. The summed E-state index contributed by atoms with van der Waals surface area (Å²) in [5.41, 5.74) is 0.623. The van der Waals surface area contributed by atoms with Gasteiger partial charge in [0.25, 0.3) is 0 Å². The van der Waals surface area contributed by atoms with Gasteiger partial charge >= 0.3 is 0 Å². The molecular formula is C9H9ClF2. The number of hydrogen-bond donors (Lipinski definition) is 0. The molecule has 0 amide bonds. The Morgan fingerprint density at radius 1 is 1.33 bits per heavy atom. The van der Waals surface area contributed by atoms with Crippen molar-refractivity contribution in [3.63, 3.8) is 0 Å². The zero-order valence-electron chi connectivity index (χ0n) is 6.65. The second-order valence-electron chi connectivity index (χ2n) is 2.55. The largest absolute Gasteiger partial charge is 0.204 e. The molecule has 0 saturated heterocycles. The summed E-state index contributed by atoms with van der Waals surface area (Å²) in [5.74, 6) is -1.68. The van der Waals surface area contributed by atoms with Crippen LogP contribution in [0.4, 0.5) is 8.78 Å². The van der Waals surface area contributed by atoms with E-state index in [-0.39, 0.29) is 5.38 Å². The molecule has 0 radical (unpaired) electrons. The summed E-state index contributed by atoms with van der Waals surface area (Å²) in [7, 11) is 0. The topological polar surface area (TPSA) is 0 Å². The molecule has 0 fully saturated rings. The van der Waals surface area contributed by atoms with Gasteiger partial charge in [-0.25, -0.2) is 8.78 Å². The quantitative estimate of drug-likeness (QED) is 0.625. The maximum Gasteiger partial charge on any atom is 0.159 e. The van der Waals surface area contributed by atoms with Gasteiger partial charge in [-0.2, -0.15) is 0 Å². The van der Waals surface area contributed by atoms with Gasteiger partial charge in [-0.15, -0.1) is 11.6 Å². The van der Waals surface area contributed by atoms with Gasteiger partial charge in [0, 0.05) is 0 Å². The van der Waals surface area contributed by atoms with Gasteiger partial charge < -0.3 is 0 Å². The predicted octanol–water partition coefficient (Wildman–Crippen LogP) is 3.65. The second kappa shape index (κ2) is 3.85. The van der Waals surface area contributed by atoms with Gasteiger partial charge in [0.15, 0.2) is 11.6 Å². The summed E-state index contributed by atoms with van der Waals surface area (Å²) in [4.78, 5) is 0. The molecule has 1 atom stereocenters. The number of rotatable bonds is 2. The van der Waals surface area contributed by atoms with Gasteiger partial charge in [-0.1, -0.05) is 13.0 Å². The summed E-state index contributed by atoms with van der Waals surface area (Å²) < 4.78 is 25.1. The van der Waals surface area contributed by atoms with Crippen LogP contribution in [0.25, 0.3) is 0 Å². The van der Waals surface area contributed by atoms with Crippen molar-refractivity contribution in [1.82, 2.24) is 0 Å². The van der Waals surface area contributed by atoms with Crippen LogP contribution < -0.4 is 0 Å². The van der Waals surface area contributed by atoms with E-state index in [0.29, 0.717) is 12.0 Å². The Hall–Kier alpha value is -0.630. The van der Waals surface area contributed by atoms with Crippen LogP contribution in [-0.4, -0.2) is 0 Å². The minimum atomic E-state index is -0.841. The lowest BCUT2D eigenvalue weighted by atomic mass is 10.1. The molecule has 1 rings (SSSR count). The molecule has 0 N–H and O–H groups in total. The van der Waals surface area contributed by atoms with Crippen LogP contribution in [0.15, 0.2) is 18.2 Å². The SMILES string of the molecule is CCC(Cl)c1ccc(F)c(F)c1. The molecule has 0 spiro atoms. The van der Waals surface area contributed by atoms with Crippen molar-refractivity contribution in [1.29, 1.82) is 0 Å². The number of halogens is 3. The highest BCUT2D eigenvalue weighted by molar-refractivity contribution is 6.20. The first-order valence-electron chi connectivity index (χ1n) is 3.74. The third-order valence-corrected chi connectivity index (χ3v) is 2.22. The van der Waals surface area contributed by atoms with E-state index < -0.39 is 11.6 Å². The Morgan fingerprint density at radius 2 is 2.00 bits per heavy atom. The van der Waals surface area contributed by atoms with Crippen LogP contribution in [0.3, 0.4) is 0 Å². The smallest absolute Gasteiger partial charge is 0.159 e. The summed E-state index contributed by atoms with van der Waals surface area (Å²) >= 11 is 5.83. The third-order valence-electron chi connectivity index (χ3n) is 1.66. The average molecular weight is 191 g/mol. The van der Waals surface area contributed by atoms with Crippen molar-refractivity contribution >= 4 is 11.6 Å². The first-order chi connectivity index (χ1) is 5.65. The lowest BCUT2D eigenvalue weighted by Crippen LogP contribution is -1.91. The highest BCUT2D eigenvalue weighted by Crippen LogP contribution is 2.24. The maximum atomic E-state index is 12.6. The normalized spacial score (nSPS) is 13.0. The molecule has 0 nitrogen and oxygen atoms in total. The summed E-state index contributed by atoms with van der Waals surface area (Å²) in [6, 6.07) is 3.73. The summed E-state index contributed by atoms with van der Waals surface area (Å²) in [6.07, 6.45) is 0.701. The van der Waals surface area contributed by atoms with Gasteiger partial charge in [0.1, 0.15) is 0 Å². The minimum absolute atomic E-state index is 0.236. The molecular weight excluding hydrogens is 182 g/mol. The number of benzene rings is 1. The van der Waals surface area contributed by atoms with Crippen molar-refractivity contribution in [3.05, 3.63) is 35.4 Å². The van der Waals surface area contributed by atoms with Crippen molar-refractivity contribution in [3.8, 4) is 0 Å². The maximum absolute atomic E-state index is 12.6. The predicted molar refractivity (Wildman–Crippen MR) is 45.2 cm³/mol. The molecule has 0 aromatic heterocycles. The standard InChI is InChI=1S/C9H9ClF2/c1-2-7(10)6-3-4-8(11)9(12)5-6/h3-5,7H,2H2,1H3. The molecule has 0 saturated carbocycles. The van der Waals surface area contributed by atoms with Crippen molar-refractivity contribution in [2.45, 2.75) is 18.7 Å². The zero-order valence-corrected chi connectivity index (χ0v) is 7.41. The fourth-order valence-electron chi connectivity index (χ4n) is 0.943. The molecule has 0 aliphatic carbocycles. The molecule has 12 heavy (non-hydrogen) atoms. The molecule has 1 aromatic carbocycles. The average Bonchev–Trinajstić information content (AvgIpc) is 2.08. The van der Waals surface area contributed by atoms with Gasteiger partial charge in [0.2, 0.25) is 0 Å². The fraction of sp³-hybridized carbons (Fsp3) is 0.333. The van der Waals surface area contributed by atoms with Gasteiger partial charge in [0.05, 0.1) is 5.38 Å². The summed E-state index contributed by atoms with van der Waals surface area (Å²) in [5, 5.41) is -0.236. The Labute approximate surface area is 75.2 Å². The Morgan fingerprint density at radius 3 is 2.50 bits per heavy atom. The van der Waals surface area contributed by atoms with E-state index >= 15 is 0 Å². The number of alkyl halides is 1. The van der Waals surface area contributed by atoms with Gasteiger partial charge in [-0.3, -0.25) is 0 Å². The monoisotopic (exact) mass is 190 g/mol. The van der Waals surface area contributed by atoms with E-state index in [1.807, 2.05) is 6.92 Å². The van der Waals surface area contributed by atoms with Crippen LogP contribution in [0, 0.1) is 11.6 Å². The fourth-order valence-corrected chi connectivity index (χ4v) is 1.08. The molecule has 0 heterocycles. The molecule has 3 heteroatoms. The highest BCUT2D eigenvalue weighted by Gasteiger charge is 2.08. The van der Waals surface area contributed by atoms with E-state index in [1.54, 1.807) is 0 Å². The molecule has 66 valence electrons. The first-order valence-corrected chi connectivity index (χ1v) is 4.17. The van der Waals surface area contributed by atoms with E-state index in [2.05, 4.69) is 0 Å². The van der Waals surface area contributed by atoms with Crippen LogP contribution in [0.2, 0.25) is 0 Å². The molecule has 1 aromatic rings. The highest BCUT2D eigenvalue weighted by atomic mass is 35.5. The molecule has 0 bridgehead atoms. The van der Waals surface area contributed by atoms with Crippen molar-refractivity contribution in [2.24, 2.45) is 0 Å². The van der Waals surface area contributed by atoms with Crippen molar-refractivity contribution in [2.75, 3.05) is 0 Å². The molecule has 0 aliphatic rings. The Kier molecular flexibility index (Phi) is 3.04. The van der Waals surface area contributed by atoms with Crippen LogP contribution in [-0.2, 0) is 0 Å². The number of hydrogen-bond acceptors (Lipinski definition) is 0. The van der Waals surface area contributed by atoms with E-state index in [4.69, 9.17) is 11.6 Å². The van der Waals surface area contributed by atoms with Crippen LogP contribution >= 0.6 is 11.6 Å². The Bertz CT molecular complexity index is 273. The van der Waals surface area contributed by atoms with Crippen molar-refractivity contribution < 1.29 is 8.78 Å². The minimum Gasteiger partial charge on any atom is -0.204 e. The molecule has 1 unspecified atom stereocenters. The second-order valence-corrected chi connectivity index (χ2v) is 3.08. The van der Waals surface area contributed by atoms with Crippen LogP contribution in [0.1, 0.15) is 24.3 Å². The van der Waals surface area contributed by atoms with E-state index in [9.17, 15) is 8.78 Å². The van der Waals surface area contributed by atoms with E-state index in [0.717, 1.165) is 12.1 Å². The lowest BCUT2D eigenvalue weighted by molar-refractivity contribution is 0.506. The van der Waals surface area contributed by atoms with Crippen LogP contribution in [0.5, 0.6) is 0 Å². The van der Waals surface area contributed by atoms with Gasteiger partial charge in [-0.05, 0) is 24.1 Å². The first kappa shape index (κ1) is 9.46. The van der Waals surface area contributed by atoms with E-state index in [1.165, 1.54) is 6.07 Å².